The molecule has 28 heavy (non-hydrogen) atoms. The molecule has 3 heterocycles. The molecule has 0 aliphatic carbocycles. The molecule has 6 nitrogen and oxygen atoms in total. The summed E-state index contributed by atoms with van der Waals surface area (Å²) >= 11 is 1.69. The Balaban J connectivity index is 1.29. The summed E-state index contributed by atoms with van der Waals surface area (Å²) in [6.45, 7) is 5.63. The van der Waals surface area contributed by atoms with E-state index in [-0.39, 0.29) is 11.7 Å². The van der Waals surface area contributed by atoms with Gasteiger partial charge in [0.1, 0.15) is 5.69 Å². The predicted octanol–water partition coefficient (Wildman–Crippen LogP) is 3.75. The predicted molar refractivity (Wildman–Crippen MR) is 109 cm³/mol. The van der Waals surface area contributed by atoms with E-state index in [4.69, 9.17) is 4.52 Å². The Hall–Kier alpha value is -2.51. The number of aryl methyl sites for hydroxylation is 1. The Morgan fingerprint density at radius 1 is 1.36 bits per heavy atom. The van der Waals surface area contributed by atoms with Gasteiger partial charge >= 0.3 is 0 Å². The third-order valence-electron chi connectivity index (χ3n) is 5.01. The van der Waals surface area contributed by atoms with Crippen molar-refractivity contribution in [2.45, 2.75) is 26.3 Å². The zero-order valence-electron chi connectivity index (χ0n) is 15.9. The highest BCUT2D eigenvalue weighted by Crippen LogP contribution is 2.20. The second-order valence-electron chi connectivity index (χ2n) is 7.25. The first kappa shape index (κ1) is 18.8. The van der Waals surface area contributed by atoms with Gasteiger partial charge in [0, 0.05) is 36.6 Å². The van der Waals surface area contributed by atoms with Crippen LogP contribution < -0.4 is 5.32 Å². The van der Waals surface area contributed by atoms with Crippen molar-refractivity contribution < 1.29 is 9.32 Å². The molecule has 1 aromatic carbocycles. The third kappa shape index (κ3) is 4.66. The number of piperidine rings is 1. The molecule has 1 aliphatic heterocycles. The minimum atomic E-state index is -0.207. The third-order valence-corrected chi connectivity index (χ3v) is 5.83. The molecule has 1 unspecified atom stereocenters. The first-order valence-corrected chi connectivity index (χ1v) is 10.5. The van der Waals surface area contributed by atoms with Crippen LogP contribution in [0.5, 0.6) is 0 Å². The van der Waals surface area contributed by atoms with Crippen LogP contribution in [0.4, 0.5) is 0 Å². The van der Waals surface area contributed by atoms with E-state index >= 15 is 0 Å². The van der Waals surface area contributed by atoms with Gasteiger partial charge in [-0.3, -0.25) is 9.69 Å². The van der Waals surface area contributed by atoms with Gasteiger partial charge in [0.05, 0.1) is 10.7 Å². The minimum absolute atomic E-state index is 0.207. The Labute approximate surface area is 168 Å². The molecule has 0 saturated carbocycles. The smallest absolute Gasteiger partial charge is 0.289 e. The zero-order chi connectivity index (χ0) is 19.3. The second kappa shape index (κ2) is 8.67. The van der Waals surface area contributed by atoms with Crippen molar-refractivity contribution in [1.82, 2.24) is 20.4 Å². The van der Waals surface area contributed by atoms with Crippen LogP contribution in [0.15, 0.2) is 46.3 Å². The average Bonchev–Trinajstić information content (AvgIpc) is 3.37. The van der Waals surface area contributed by atoms with Crippen molar-refractivity contribution in [2.75, 3.05) is 19.6 Å². The molecule has 0 radical (unpaired) electrons. The lowest BCUT2D eigenvalue weighted by molar-refractivity contribution is 0.0894. The number of likely N-dealkylation sites (tertiary alicyclic amines) is 1. The summed E-state index contributed by atoms with van der Waals surface area (Å²) in [6, 6.07) is 11.4. The fraction of sp³-hybridized carbons (Fsp3) is 0.381. The molecule has 1 aliphatic rings. The fourth-order valence-electron chi connectivity index (χ4n) is 3.62. The van der Waals surface area contributed by atoms with E-state index in [0.717, 1.165) is 48.7 Å². The average molecular weight is 397 g/mol. The summed E-state index contributed by atoms with van der Waals surface area (Å²) in [4.78, 5) is 19.4. The SMILES string of the molecule is Cc1nc(CN2CCCC(CNC(=O)c3cc(-c4ccccc4)no3)C2)cs1. The van der Waals surface area contributed by atoms with Crippen LogP contribution in [-0.2, 0) is 6.54 Å². The number of benzene rings is 1. The topological polar surface area (TPSA) is 71.3 Å². The Morgan fingerprint density at radius 2 is 2.21 bits per heavy atom. The van der Waals surface area contributed by atoms with Crippen molar-refractivity contribution >= 4 is 17.2 Å². The number of thiazole rings is 1. The van der Waals surface area contributed by atoms with Gasteiger partial charge in [0.15, 0.2) is 0 Å². The normalized spacial score (nSPS) is 17.5. The number of nitrogens with one attached hydrogen (secondary N) is 1. The molecular weight excluding hydrogens is 372 g/mol. The van der Waals surface area contributed by atoms with Crippen LogP contribution in [0.25, 0.3) is 11.3 Å². The van der Waals surface area contributed by atoms with Crippen LogP contribution in [0.2, 0.25) is 0 Å². The van der Waals surface area contributed by atoms with Gasteiger partial charge in [0.2, 0.25) is 5.76 Å². The van der Waals surface area contributed by atoms with Gasteiger partial charge < -0.3 is 9.84 Å². The van der Waals surface area contributed by atoms with Crippen molar-refractivity contribution in [1.29, 1.82) is 0 Å². The van der Waals surface area contributed by atoms with E-state index < -0.39 is 0 Å². The van der Waals surface area contributed by atoms with Gasteiger partial charge in [-0.1, -0.05) is 35.5 Å². The maximum Gasteiger partial charge on any atom is 0.289 e. The second-order valence-corrected chi connectivity index (χ2v) is 8.32. The van der Waals surface area contributed by atoms with E-state index in [1.807, 2.05) is 37.3 Å². The molecule has 4 rings (SSSR count). The van der Waals surface area contributed by atoms with E-state index in [1.165, 1.54) is 0 Å². The maximum atomic E-state index is 12.4. The quantitative estimate of drug-likeness (QED) is 0.687. The van der Waals surface area contributed by atoms with Crippen LogP contribution in [-0.4, -0.2) is 40.6 Å². The lowest BCUT2D eigenvalue weighted by atomic mass is 9.98. The molecule has 0 bridgehead atoms. The molecule has 1 atom stereocenters. The number of hydrogen-bond acceptors (Lipinski definition) is 6. The van der Waals surface area contributed by atoms with E-state index in [0.29, 0.717) is 18.2 Å². The summed E-state index contributed by atoms with van der Waals surface area (Å²) in [5, 5.41) is 10.3. The van der Waals surface area contributed by atoms with E-state index in [2.05, 4.69) is 25.7 Å². The highest BCUT2D eigenvalue weighted by molar-refractivity contribution is 7.09. The van der Waals surface area contributed by atoms with E-state index in [9.17, 15) is 4.79 Å². The van der Waals surface area contributed by atoms with E-state index in [1.54, 1.807) is 17.4 Å². The number of aromatic nitrogens is 2. The molecule has 1 fully saturated rings. The summed E-state index contributed by atoms with van der Waals surface area (Å²) < 4.78 is 5.24. The number of carbonyl (C=O) groups is 1. The van der Waals surface area contributed by atoms with Gasteiger partial charge in [-0.2, -0.15) is 0 Å². The number of hydrogen-bond donors (Lipinski definition) is 1. The molecule has 3 aromatic rings. The lowest BCUT2D eigenvalue weighted by Crippen LogP contribution is -2.40. The van der Waals surface area contributed by atoms with Crippen molar-refractivity contribution in [2.24, 2.45) is 5.92 Å². The summed E-state index contributed by atoms with van der Waals surface area (Å²) in [5.41, 5.74) is 2.75. The van der Waals surface area contributed by atoms with Crippen LogP contribution in [0, 0.1) is 12.8 Å². The minimum Gasteiger partial charge on any atom is -0.350 e. The summed E-state index contributed by atoms with van der Waals surface area (Å²) in [7, 11) is 0. The van der Waals surface area contributed by atoms with Crippen molar-refractivity contribution in [3.8, 4) is 11.3 Å². The number of amides is 1. The van der Waals surface area contributed by atoms with Gasteiger partial charge in [-0.25, -0.2) is 4.98 Å². The van der Waals surface area contributed by atoms with Crippen molar-refractivity contribution in [3.63, 3.8) is 0 Å². The van der Waals surface area contributed by atoms with Gasteiger partial charge in [0.25, 0.3) is 5.91 Å². The molecule has 0 spiro atoms. The lowest BCUT2D eigenvalue weighted by Gasteiger charge is -2.32. The molecular formula is C21H24N4O2S. The molecule has 146 valence electrons. The zero-order valence-corrected chi connectivity index (χ0v) is 16.7. The van der Waals surface area contributed by atoms with Gasteiger partial charge in [-0.05, 0) is 32.2 Å². The Kier molecular flexibility index (Phi) is 5.83. The molecule has 1 saturated heterocycles. The standard InChI is InChI=1S/C21H24N4O2S/c1-15-23-18(14-28-15)13-25-9-5-6-16(12-25)11-22-21(26)20-10-19(24-27-20)17-7-3-2-4-8-17/h2-4,7-8,10,14,16H,5-6,9,11-13H2,1H3,(H,22,26). The number of nitrogens with zero attached hydrogens (tertiary/aromatic N) is 3. The maximum absolute atomic E-state index is 12.4. The largest absolute Gasteiger partial charge is 0.350 e. The van der Waals surface area contributed by atoms with Crippen LogP contribution in [0.1, 0.15) is 34.1 Å². The monoisotopic (exact) mass is 396 g/mol. The van der Waals surface area contributed by atoms with Crippen molar-refractivity contribution in [3.05, 3.63) is 58.2 Å². The van der Waals surface area contributed by atoms with Gasteiger partial charge in [-0.15, -0.1) is 11.3 Å². The highest BCUT2D eigenvalue weighted by atomic mass is 32.1. The Bertz CT molecular complexity index is 921. The molecule has 7 heteroatoms. The number of carbonyl (C=O) groups excluding carboxylic acids is 1. The number of rotatable bonds is 6. The van der Waals surface area contributed by atoms with Crippen LogP contribution >= 0.6 is 11.3 Å². The van der Waals surface area contributed by atoms with Crippen LogP contribution in [0.3, 0.4) is 0 Å². The highest BCUT2D eigenvalue weighted by Gasteiger charge is 2.22. The molecule has 1 N–H and O–H groups in total. The fourth-order valence-corrected chi connectivity index (χ4v) is 4.23. The molecule has 2 aromatic heterocycles. The summed E-state index contributed by atoms with van der Waals surface area (Å²) in [6.07, 6.45) is 2.27. The first-order valence-electron chi connectivity index (χ1n) is 9.61. The molecule has 1 amide bonds. The Morgan fingerprint density at radius 3 is 3.00 bits per heavy atom. The summed E-state index contributed by atoms with van der Waals surface area (Å²) in [5.74, 6) is 0.486. The first-order chi connectivity index (χ1) is 13.7.